The van der Waals surface area contributed by atoms with Gasteiger partial charge in [0, 0.05) is 30.2 Å². The van der Waals surface area contributed by atoms with E-state index in [1.165, 1.54) is 11.3 Å². The summed E-state index contributed by atoms with van der Waals surface area (Å²) in [5.41, 5.74) is 1.53. The highest BCUT2D eigenvalue weighted by molar-refractivity contribution is 5.92. The van der Waals surface area contributed by atoms with E-state index in [-0.39, 0.29) is 18.2 Å². The predicted molar refractivity (Wildman–Crippen MR) is 116 cm³/mol. The van der Waals surface area contributed by atoms with Gasteiger partial charge in [0.05, 0.1) is 0 Å². The lowest BCUT2D eigenvalue weighted by molar-refractivity contribution is -0.117. The maximum atomic E-state index is 12.5. The van der Waals surface area contributed by atoms with Crippen molar-refractivity contribution in [3.8, 4) is 0 Å². The van der Waals surface area contributed by atoms with Gasteiger partial charge in [0.1, 0.15) is 12.4 Å². The van der Waals surface area contributed by atoms with Gasteiger partial charge in [-0.25, -0.2) is 13.9 Å². The summed E-state index contributed by atoms with van der Waals surface area (Å²) in [5, 5.41) is 12.6. The number of hydrogen-bond donors (Lipinski definition) is 3. The third-order valence-electron chi connectivity index (χ3n) is 4.28. The molecule has 0 atom stereocenters. The van der Waals surface area contributed by atoms with E-state index < -0.39 is 11.6 Å². The minimum Gasteiger partial charge on any atom is -0.340 e. The molecule has 3 N–H and O–H groups in total. The largest absolute Gasteiger partial charge is 0.352 e. The number of nitrogens with one attached hydrogen (secondary N) is 3. The molecule has 156 valence electrons. The Labute approximate surface area is 176 Å². The molecule has 0 saturated carbocycles. The minimum atomic E-state index is -0.468. The fourth-order valence-electron chi connectivity index (χ4n) is 2.92. The van der Waals surface area contributed by atoms with Crippen LogP contribution in [0.1, 0.15) is 6.92 Å². The Morgan fingerprint density at radius 1 is 0.903 bits per heavy atom. The van der Waals surface area contributed by atoms with Gasteiger partial charge < -0.3 is 16.0 Å². The first-order valence-electron chi connectivity index (χ1n) is 9.44. The number of anilines is 4. The zero-order valence-electron chi connectivity index (χ0n) is 16.6. The Balaban J connectivity index is 1.46. The molecule has 2 amide bonds. The van der Waals surface area contributed by atoms with Crippen LogP contribution in [0, 0.1) is 0 Å². The molecular formula is C21H19N7O3. The average molecular weight is 417 g/mol. The fourth-order valence-corrected chi connectivity index (χ4v) is 2.92. The van der Waals surface area contributed by atoms with Crippen LogP contribution in [0.25, 0.3) is 5.78 Å². The number of carbonyl (C=O) groups excluding carboxylic acids is 2. The Hall–Kier alpha value is -4.47. The molecule has 31 heavy (non-hydrogen) atoms. The first-order valence-corrected chi connectivity index (χ1v) is 9.44. The molecule has 2 heterocycles. The van der Waals surface area contributed by atoms with Crippen molar-refractivity contribution in [2.24, 2.45) is 0 Å². The van der Waals surface area contributed by atoms with Crippen LogP contribution < -0.4 is 21.6 Å². The zero-order valence-corrected chi connectivity index (χ0v) is 16.6. The Bertz CT molecular complexity index is 1290. The lowest BCUT2D eigenvalue weighted by atomic mass is 10.2. The van der Waals surface area contributed by atoms with Crippen molar-refractivity contribution in [3.63, 3.8) is 0 Å². The Morgan fingerprint density at radius 3 is 2.26 bits per heavy atom. The zero-order chi connectivity index (χ0) is 21.8. The van der Waals surface area contributed by atoms with Gasteiger partial charge >= 0.3 is 5.69 Å². The highest BCUT2D eigenvalue weighted by Gasteiger charge is 2.12. The van der Waals surface area contributed by atoms with Crippen LogP contribution in [-0.2, 0) is 16.1 Å². The number of hydrogen-bond acceptors (Lipinski definition) is 6. The summed E-state index contributed by atoms with van der Waals surface area (Å²) >= 11 is 0. The van der Waals surface area contributed by atoms with Crippen molar-refractivity contribution < 1.29 is 9.59 Å². The molecule has 0 bridgehead atoms. The maximum Gasteiger partial charge on any atom is 0.352 e. The lowest BCUT2D eigenvalue weighted by Gasteiger charge is -2.06. The molecule has 10 heteroatoms. The summed E-state index contributed by atoms with van der Waals surface area (Å²) in [4.78, 5) is 40.3. The van der Waals surface area contributed by atoms with Gasteiger partial charge in [0.2, 0.25) is 11.8 Å². The number of fused-ring (bicyclic) bond motifs is 1. The van der Waals surface area contributed by atoms with E-state index in [4.69, 9.17) is 0 Å². The first-order chi connectivity index (χ1) is 15.0. The van der Waals surface area contributed by atoms with Gasteiger partial charge in [-0.3, -0.25) is 9.59 Å². The van der Waals surface area contributed by atoms with E-state index in [0.29, 0.717) is 17.2 Å². The molecule has 4 rings (SSSR count). The summed E-state index contributed by atoms with van der Waals surface area (Å²) in [5.74, 6) is 0.108. The molecule has 0 saturated heterocycles. The van der Waals surface area contributed by atoms with E-state index in [1.807, 2.05) is 30.3 Å². The van der Waals surface area contributed by atoms with Crippen LogP contribution in [0.4, 0.5) is 22.9 Å². The molecular weight excluding hydrogens is 398 g/mol. The Morgan fingerprint density at radius 2 is 1.58 bits per heavy atom. The molecule has 0 radical (unpaired) electrons. The maximum absolute atomic E-state index is 12.5. The van der Waals surface area contributed by atoms with Crippen molar-refractivity contribution in [2.45, 2.75) is 13.5 Å². The minimum absolute atomic E-state index is 0.179. The van der Waals surface area contributed by atoms with E-state index in [1.54, 1.807) is 36.5 Å². The molecule has 0 aliphatic carbocycles. The number of amides is 2. The topological polar surface area (TPSA) is 122 Å². The number of rotatable bonds is 6. The first kappa shape index (κ1) is 19.8. The molecule has 2 aromatic heterocycles. The second-order valence-corrected chi connectivity index (χ2v) is 6.72. The van der Waals surface area contributed by atoms with Gasteiger partial charge in [-0.2, -0.15) is 4.98 Å². The lowest BCUT2D eigenvalue weighted by Crippen LogP contribution is -2.28. The van der Waals surface area contributed by atoms with Gasteiger partial charge in [0.15, 0.2) is 0 Å². The van der Waals surface area contributed by atoms with Gasteiger partial charge in [0.25, 0.3) is 5.78 Å². The van der Waals surface area contributed by atoms with Crippen molar-refractivity contribution in [3.05, 3.63) is 77.3 Å². The van der Waals surface area contributed by atoms with Crippen LogP contribution in [-0.4, -0.2) is 31.0 Å². The van der Waals surface area contributed by atoms with E-state index in [2.05, 4.69) is 26.0 Å². The van der Waals surface area contributed by atoms with E-state index in [0.717, 1.165) is 10.4 Å². The molecule has 0 aliphatic heterocycles. The Kier molecular flexibility index (Phi) is 5.43. The second-order valence-electron chi connectivity index (χ2n) is 6.72. The number of aromatic nitrogens is 4. The number of carbonyl (C=O) groups is 2. The summed E-state index contributed by atoms with van der Waals surface area (Å²) < 4.78 is 2.32. The van der Waals surface area contributed by atoms with E-state index >= 15 is 0 Å². The van der Waals surface area contributed by atoms with Crippen molar-refractivity contribution >= 4 is 40.5 Å². The van der Waals surface area contributed by atoms with Crippen molar-refractivity contribution in [2.75, 3.05) is 16.0 Å². The van der Waals surface area contributed by atoms with Crippen LogP contribution >= 0.6 is 0 Å². The van der Waals surface area contributed by atoms with Gasteiger partial charge in [-0.05, 0) is 42.5 Å². The normalized spacial score (nSPS) is 10.6. The summed E-state index contributed by atoms with van der Waals surface area (Å²) in [6.07, 6.45) is 1.55. The molecule has 0 fully saturated rings. The number of para-hydroxylation sites is 1. The van der Waals surface area contributed by atoms with E-state index in [9.17, 15) is 14.4 Å². The number of benzene rings is 2. The number of nitrogens with zero attached hydrogens (tertiary/aromatic N) is 4. The van der Waals surface area contributed by atoms with Crippen LogP contribution in [0.5, 0.6) is 0 Å². The quantitative estimate of drug-likeness (QED) is 0.442. The fraction of sp³-hybridized carbons (Fsp3) is 0.0952. The molecule has 0 aliphatic rings. The summed E-state index contributed by atoms with van der Waals surface area (Å²) in [6.45, 7) is 1.15. The average Bonchev–Trinajstić information content (AvgIpc) is 3.04. The third-order valence-corrected chi connectivity index (χ3v) is 4.28. The molecule has 10 nitrogen and oxygen atoms in total. The van der Waals surface area contributed by atoms with Crippen molar-refractivity contribution in [1.82, 2.24) is 19.2 Å². The smallest absolute Gasteiger partial charge is 0.340 e. The predicted octanol–water partition coefficient (Wildman–Crippen LogP) is 2.23. The SMILES string of the molecule is CC(=O)Nc1ccc(NC(=O)Cn2nc3nc(Nc4ccccc4)ccn3c2=O)cc1. The highest BCUT2D eigenvalue weighted by atomic mass is 16.2. The molecule has 4 aromatic rings. The summed E-state index contributed by atoms with van der Waals surface area (Å²) in [7, 11) is 0. The molecule has 2 aromatic carbocycles. The van der Waals surface area contributed by atoms with Crippen LogP contribution in [0.15, 0.2) is 71.7 Å². The van der Waals surface area contributed by atoms with Crippen LogP contribution in [0.2, 0.25) is 0 Å². The molecule has 0 unspecified atom stereocenters. The second kappa shape index (κ2) is 8.49. The van der Waals surface area contributed by atoms with Gasteiger partial charge in [-0.15, -0.1) is 5.10 Å². The summed E-state index contributed by atoms with van der Waals surface area (Å²) in [6, 6.07) is 17.8. The third kappa shape index (κ3) is 4.75. The monoisotopic (exact) mass is 417 g/mol. The highest BCUT2D eigenvalue weighted by Crippen LogP contribution is 2.14. The van der Waals surface area contributed by atoms with Crippen molar-refractivity contribution in [1.29, 1.82) is 0 Å². The standard InChI is InChI=1S/C21H19N7O3/c1-14(29)22-16-7-9-17(10-8-16)24-19(30)13-28-21(31)27-12-11-18(25-20(27)26-28)23-15-5-3-2-4-6-15/h2-12H,13H2,1H3,(H,22,29)(H,24,30)(H,23,25,26). The van der Waals surface area contributed by atoms with Crippen LogP contribution in [0.3, 0.4) is 0 Å². The molecule has 0 spiro atoms. The van der Waals surface area contributed by atoms with Gasteiger partial charge in [-0.1, -0.05) is 18.2 Å².